The Kier molecular flexibility index (Phi) is 6.54. The summed E-state index contributed by atoms with van der Waals surface area (Å²) in [5, 5.41) is 9.94. The average Bonchev–Trinajstić information content (AvgIpc) is 3.59. The Balaban J connectivity index is 1.25. The molecule has 2 aromatic carbocycles. The molecule has 39 heavy (non-hydrogen) atoms. The zero-order valence-electron chi connectivity index (χ0n) is 21.6. The van der Waals surface area contributed by atoms with Crippen LogP contribution in [0.3, 0.4) is 0 Å². The Morgan fingerprint density at radius 3 is 2.54 bits per heavy atom. The largest absolute Gasteiger partial charge is 0.496 e. The van der Waals surface area contributed by atoms with Crippen molar-refractivity contribution in [3.63, 3.8) is 0 Å². The van der Waals surface area contributed by atoms with E-state index in [1.807, 2.05) is 18.2 Å². The fourth-order valence-electron chi connectivity index (χ4n) is 5.02. The van der Waals surface area contributed by atoms with Crippen LogP contribution in [0.2, 0.25) is 0 Å². The van der Waals surface area contributed by atoms with Crippen LogP contribution in [0.25, 0.3) is 33.4 Å². The van der Waals surface area contributed by atoms with Crippen LogP contribution in [0.15, 0.2) is 59.0 Å². The molecule has 0 saturated carbocycles. The lowest BCUT2D eigenvalue weighted by molar-refractivity contribution is 0.00794. The van der Waals surface area contributed by atoms with Crippen LogP contribution in [0.4, 0.5) is 10.1 Å². The number of hydrogen-bond donors (Lipinski definition) is 2. The van der Waals surface area contributed by atoms with Crippen molar-refractivity contribution in [3.8, 4) is 34.0 Å². The smallest absolute Gasteiger partial charge is 0.193 e. The molecule has 2 aliphatic heterocycles. The number of halogens is 1. The maximum Gasteiger partial charge on any atom is 0.193 e. The molecule has 0 aliphatic carbocycles. The highest BCUT2D eigenvalue weighted by Crippen LogP contribution is 2.36. The van der Waals surface area contributed by atoms with Crippen molar-refractivity contribution in [1.29, 1.82) is 0 Å². The van der Waals surface area contributed by atoms with E-state index in [4.69, 9.17) is 18.9 Å². The van der Waals surface area contributed by atoms with Crippen LogP contribution in [0.1, 0.15) is 0 Å². The Bertz CT molecular complexity index is 1660. The number of nitrogens with zero attached hydrogens (tertiary/aromatic N) is 2. The molecule has 2 fully saturated rings. The van der Waals surface area contributed by atoms with Gasteiger partial charge in [-0.2, -0.15) is 4.36 Å². The summed E-state index contributed by atoms with van der Waals surface area (Å²) < 4.78 is 54.2. The minimum Gasteiger partial charge on any atom is -0.496 e. The van der Waals surface area contributed by atoms with Gasteiger partial charge in [-0.1, -0.05) is 24.3 Å². The molecule has 9 nitrogen and oxygen atoms in total. The third-order valence-corrected chi connectivity index (χ3v) is 7.42. The Labute approximate surface area is 225 Å². The summed E-state index contributed by atoms with van der Waals surface area (Å²) in [6, 6.07) is 15.9. The van der Waals surface area contributed by atoms with Crippen LogP contribution < -0.4 is 9.47 Å². The molecule has 0 unspecified atom stereocenters. The molecule has 2 N–H and O–H groups in total. The van der Waals surface area contributed by atoms with Gasteiger partial charge in [0.25, 0.3) is 0 Å². The van der Waals surface area contributed by atoms with E-state index < -0.39 is 27.8 Å². The normalized spacial score (nSPS) is 22.7. The number of pyridine rings is 1. The molecular formula is C28H28FN3O6S. The molecule has 6 rings (SSSR count). The van der Waals surface area contributed by atoms with Gasteiger partial charge < -0.3 is 29.0 Å². The first-order chi connectivity index (χ1) is 18.7. The molecule has 4 aromatic rings. The van der Waals surface area contributed by atoms with Crippen molar-refractivity contribution in [2.24, 2.45) is 4.36 Å². The molecule has 0 amide bonds. The number of aromatic amines is 1. The van der Waals surface area contributed by atoms with Gasteiger partial charge >= 0.3 is 0 Å². The molecule has 0 radical (unpaired) electrons. The molecule has 11 heteroatoms. The second-order valence-electron chi connectivity index (χ2n) is 9.94. The second kappa shape index (κ2) is 9.91. The minimum absolute atomic E-state index is 0.214. The van der Waals surface area contributed by atoms with Gasteiger partial charge in [-0.3, -0.25) is 0 Å². The van der Waals surface area contributed by atoms with Crippen molar-refractivity contribution in [2.75, 3.05) is 32.8 Å². The molecule has 2 saturated heterocycles. The van der Waals surface area contributed by atoms with E-state index in [0.717, 1.165) is 11.1 Å². The quantitative estimate of drug-likeness (QED) is 0.366. The van der Waals surface area contributed by atoms with E-state index in [1.165, 1.54) is 6.07 Å². The van der Waals surface area contributed by atoms with Crippen molar-refractivity contribution in [3.05, 3.63) is 60.4 Å². The predicted molar refractivity (Wildman–Crippen MR) is 145 cm³/mol. The van der Waals surface area contributed by atoms with E-state index in [-0.39, 0.29) is 24.5 Å². The van der Waals surface area contributed by atoms with E-state index in [0.29, 0.717) is 40.5 Å². The number of benzene rings is 2. The van der Waals surface area contributed by atoms with Crippen LogP contribution in [-0.4, -0.2) is 76.5 Å². The van der Waals surface area contributed by atoms with Crippen molar-refractivity contribution in [2.45, 2.75) is 24.4 Å². The SMILES string of the molecule is COc1cc(N=S(C)(C)=O)ccc1-c1ccc(-c2nc3cc(O[C@@H]4CO[C@H]5[C@@H]4OC[C@H]5O)[nH]c3cc2F)cc1. The first kappa shape index (κ1) is 25.8. The van der Waals surface area contributed by atoms with Gasteiger partial charge in [0.1, 0.15) is 29.8 Å². The summed E-state index contributed by atoms with van der Waals surface area (Å²) in [5.74, 6) is 0.545. The first-order valence-corrected chi connectivity index (χ1v) is 14.7. The van der Waals surface area contributed by atoms with Gasteiger partial charge in [-0.15, -0.1) is 0 Å². The summed E-state index contributed by atoms with van der Waals surface area (Å²) in [6.07, 6.45) is 1.36. The lowest BCUT2D eigenvalue weighted by Crippen LogP contribution is -2.34. The molecular weight excluding hydrogens is 525 g/mol. The van der Waals surface area contributed by atoms with Gasteiger partial charge in [0, 0.05) is 51.6 Å². The number of hydrogen-bond acceptors (Lipinski definition) is 8. The number of aliphatic hydroxyl groups excluding tert-OH is 1. The van der Waals surface area contributed by atoms with Crippen molar-refractivity contribution < 1.29 is 32.7 Å². The summed E-state index contributed by atoms with van der Waals surface area (Å²) in [5.41, 5.74) is 4.16. The first-order valence-electron chi connectivity index (χ1n) is 12.4. The number of aromatic nitrogens is 2. The van der Waals surface area contributed by atoms with E-state index in [9.17, 15) is 9.32 Å². The summed E-state index contributed by atoms with van der Waals surface area (Å²) >= 11 is 0. The number of ether oxygens (including phenoxy) is 4. The molecule has 4 heterocycles. The number of nitrogens with one attached hydrogen (secondary N) is 1. The third kappa shape index (κ3) is 5.10. The van der Waals surface area contributed by atoms with E-state index in [1.54, 1.807) is 50.0 Å². The van der Waals surface area contributed by atoms with Gasteiger partial charge in [0.15, 0.2) is 17.8 Å². The fourth-order valence-corrected chi connectivity index (χ4v) is 5.64. The highest BCUT2D eigenvalue weighted by molar-refractivity contribution is 7.92. The highest BCUT2D eigenvalue weighted by Gasteiger charge is 2.48. The third-order valence-electron chi connectivity index (χ3n) is 6.77. The van der Waals surface area contributed by atoms with Gasteiger partial charge in [-0.25, -0.2) is 13.6 Å². The second-order valence-corrected chi connectivity index (χ2v) is 12.5. The van der Waals surface area contributed by atoms with E-state index in [2.05, 4.69) is 14.3 Å². The molecule has 4 atom stereocenters. The van der Waals surface area contributed by atoms with Gasteiger partial charge in [0.2, 0.25) is 0 Å². The zero-order chi connectivity index (χ0) is 27.3. The van der Waals surface area contributed by atoms with Gasteiger partial charge in [0.05, 0.1) is 37.0 Å². The maximum atomic E-state index is 15.1. The minimum atomic E-state index is -2.30. The molecule has 2 aliphatic rings. The van der Waals surface area contributed by atoms with Crippen LogP contribution >= 0.6 is 0 Å². The highest BCUT2D eigenvalue weighted by atomic mass is 32.2. The molecule has 0 bridgehead atoms. The summed E-state index contributed by atoms with van der Waals surface area (Å²) in [7, 11) is -0.732. The fraction of sp³-hybridized carbons (Fsp3) is 0.321. The number of H-pyrrole nitrogens is 1. The molecule has 204 valence electrons. The molecule has 2 aromatic heterocycles. The maximum absolute atomic E-state index is 15.1. The molecule has 0 spiro atoms. The lowest BCUT2D eigenvalue weighted by atomic mass is 10.0. The van der Waals surface area contributed by atoms with Gasteiger partial charge in [-0.05, 0) is 17.7 Å². The Morgan fingerprint density at radius 2 is 1.79 bits per heavy atom. The number of fused-ring (bicyclic) bond motifs is 2. The van der Waals surface area contributed by atoms with Crippen molar-refractivity contribution in [1.82, 2.24) is 9.97 Å². The van der Waals surface area contributed by atoms with Crippen LogP contribution in [0.5, 0.6) is 11.6 Å². The monoisotopic (exact) mass is 553 g/mol. The Morgan fingerprint density at radius 1 is 1.05 bits per heavy atom. The number of rotatable bonds is 6. The summed E-state index contributed by atoms with van der Waals surface area (Å²) in [4.78, 5) is 7.60. The zero-order valence-corrected chi connectivity index (χ0v) is 22.4. The number of methoxy groups -OCH3 is 1. The Hall–Kier alpha value is -3.51. The number of aliphatic hydroxyl groups is 1. The van der Waals surface area contributed by atoms with Crippen LogP contribution in [0, 0.1) is 5.82 Å². The van der Waals surface area contributed by atoms with Crippen LogP contribution in [-0.2, 0) is 19.2 Å². The standard InChI is InChI=1S/C28H28FN3O6S/c1-35-23-10-17(32-39(2,3)34)8-9-18(23)15-4-6-16(7-5-15)26-19(29)11-20-21(31-26)12-25(30-20)38-24-14-37-27-22(33)13-36-28(24)27/h4-12,22,24,27-28,30,33H,13-14H2,1-3H3/t22-,24-,27-,28-/m1/s1. The predicted octanol–water partition coefficient (Wildman–Crippen LogP) is 4.31. The van der Waals surface area contributed by atoms with Crippen molar-refractivity contribution >= 4 is 26.4 Å². The lowest BCUT2D eigenvalue weighted by Gasteiger charge is -2.16. The average molecular weight is 554 g/mol. The summed E-state index contributed by atoms with van der Waals surface area (Å²) in [6.45, 7) is 0.506. The topological polar surface area (TPSA) is 115 Å². The van der Waals surface area contributed by atoms with E-state index >= 15 is 4.39 Å².